The minimum absolute atomic E-state index is 0.127. The molecule has 7 nitrogen and oxygen atoms in total. The third-order valence-electron chi connectivity index (χ3n) is 4.63. The summed E-state index contributed by atoms with van der Waals surface area (Å²) in [4.78, 5) is 27.5. The Balaban J connectivity index is 1.57. The molecule has 1 aliphatic rings. The SMILES string of the molecule is Nc1ncccc1C(=O)c1nccc(N2CCNC(c3ccccc3)C2)n1. The molecule has 1 aromatic carbocycles. The van der Waals surface area contributed by atoms with Crippen molar-refractivity contribution in [3.05, 3.63) is 77.9 Å². The van der Waals surface area contributed by atoms with E-state index in [1.165, 1.54) is 5.56 Å². The molecule has 1 atom stereocenters. The van der Waals surface area contributed by atoms with E-state index in [2.05, 4.69) is 37.3 Å². The second-order valence-corrected chi connectivity index (χ2v) is 6.37. The van der Waals surface area contributed by atoms with Crippen LogP contribution in [-0.4, -0.2) is 40.4 Å². The van der Waals surface area contributed by atoms with E-state index < -0.39 is 0 Å². The number of nitrogens with one attached hydrogen (secondary N) is 1. The summed E-state index contributed by atoms with van der Waals surface area (Å²) in [5.74, 6) is 0.722. The fourth-order valence-corrected chi connectivity index (χ4v) is 3.23. The number of hydrogen-bond acceptors (Lipinski definition) is 7. The van der Waals surface area contributed by atoms with Crippen LogP contribution in [0.2, 0.25) is 0 Å². The Kier molecular flexibility index (Phi) is 4.76. The number of carbonyl (C=O) groups is 1. The summed E-state index contributed by atoms with van der Waals surface area (Å²) in [6, 6.07) is 15.7. The van der Waals surface area contributed by atoms with Crippen molar-refractivity contribution in [3.63, 3.8) is 0 Å². The number of anilines is 2. The minimum atomic E-state index is -0.322. The highest BCUT2D eigenvalue weighted by atomic mass is 16.1. The molecule has 0 radical (unpaired) electrons. The molecule has 1 unspecified atom stereocenters. The maximum absolute atomic E-state index is 12.7. The highest BCUT2D eigenvalue weighted by Gasteiger charge is 2.23. The molecule has 4 rings (SSSR count). The van der Waals surface area contributed by atoms with Gasteiger partial charge in [-0.15, -0.1) is 0 Å². The van der Waals surface area contributed by atoms with Crippen molar-refractivity contribution >= 4 is 17.4 Å². The lowest BCUT2D eigenvalue weighted by Crippen LogP contribution is -2.46. The van der Waals surface area contributed by atoms with Crippen LogP contribution >= 0.6 is 0 Å². The molecule has 1 aliphatic heterocycles. The van der Waals surface area contributed by atoms with Gasteiger partial charge in [-0.1, -0.05) is 30.3 Å². The van der Waals surface area contributed by atoms with E-state index >= 15 is 0 Å². The van der Waals surface area contributed by atoms with Crippen LogP contribution in [0.15, 0.2) is 60.9 Å². The fourth-order valence-electron chi connectivity index (χ4n) is 3.23. The number of nitrogens with two attached hydrogens (primary N) is 1. The van der Waals surface area contributed by atoms with Crippen molar-refractivity contribution < 1.29 is 4.79 Å². The van der Waals surface area contributed by atoms with Crippen molar-refractivity contribution in [2.45, 2.75) is 6.04 Å². The largest absolute Gasteiger partial charge is 0.383 e. The van der Waals surface area contributed by atoms with Crippen molar-refractivity contribution in [1.29, 1.82) is 0 Å². The standard InChI is InChI=1S/C20H20N6O/c21-19-15(7-4-9-23-19)18(27)20-24-10-8-17(25-20)26-12-11-22-16(13-26)14-5-2-1-3-6-14/h1-10,16,22H,11-13H2,(H2,21,23). The van der Waals surface area contributed by atoms with Gasteiger partial charge in [0.2, 0.25) is 11.6 Å². The average molecular weight is 360 g/mol. The first-order chi connectivity index (χ1) is 13.2. The predicted molar refractivity (Wildman–Crippen MR) is 104 cm³/mol. The molecule has 27 heavy (non-hydrogen) atoms. The summed E-state index contributed by atoms with van der Waals surface area (Å²) in [6.07, 6.45) is 3.16. The van der Waals surface area contributed by atoms with Crippen LogP contribution in [0.4, 0.5) is 11.6 Å². The van der Waals surface area contributed by atoms with Gasteiger partial charge in [-0.05, 0) is 23.8 Å². The third kappa shape index (κ3) is 3.63. The number of nitrogen functional groups attached to an aromatic ring is 1. The molecule has 1 saturated heterocycles. The first kappa shape index (κ1) is 17.1. The quantitative estimate of drug-likeness (QED) is 0.685. The number of hydrogen-bond donors (Lipinski definition) is 2. The molecular weight excluding hydrogens is 340 g/mol. The number of ketones is 1. The van der Waals surface area contributed by atoms with Gasteiger partial charge in [0.1, 0.15) is 11.6 Å². The summed E-state index contributed by atoms with van der Waals surface area (Å²) in [5, 5.41) is 3.53. The van der Waals surface area contributed by atoms with Gasteiger partial charge in [0.15, 0.2) is 0 Å². The molecule has 3 heterocycles. The van der Waals surface area contributed by atoms with Gasteiger partial charge in [0, 0.05) is 38.1 Å². The van der Waals surface area contributed by atoms with Crippen LogP contribution in [0.1, 0.15) is 27.8 Å². The number of benzene rings is 1. The molecule has 0 bridgehead atoms. The number of piperazine rings is 1. The van der Waals surface area contributed by atoms with Gasteiger partial charge < -0.3 is 16.0 Å². The van der Waals surface area contributed by atoms with Crippen molar-refractivity contribution in [2.75, 3.05) is 30.3 Å². The van der Waals surface area contributed by atoms with E-state index in [1.54, 1.807) is 24.5 Å². The van der Waals surface area contributed by atoms with Gasteiger partial charge in [-0.3, -0.25) is 4.79 Å². The molecular formula is C20H20N6O. The van der Waals surface area contributed by atoms with Crippen LogP contribution in [0.25, 0.3) is 0 Å². The van der Waals surface area contributed by atoms with E-state index in [0.29, 0.717) is 5.56 Å². The second kappa shape index (κ2) is 7.51. The first-order valence-corrected chi connectivity index (χ1v) is 8.84. The molecule has 136 valence electrons. The lowest BCUT2D eigenvalue weighted by Gasteiger charge is -2.34. The number of carbonyl (C=O) groups excluding carboxylic acids is 1. The van der Waals surface area contributed by atoms with Crippen molar-refractivity contribution in [1.82, 2.24) is 20.3 Å². The van der Waals surface area contributed by atoms with Crippen LogP contribution in [0.3, 0.4) is 0 Å². The predicted octanol–water partition coefficient (Wildman–Crippen LogP) is 1.84. The zero-order valence-corrected chi connectivity index (χ0v) is 14.7. The van der Waals surface area contributed by atoms with Gasteiger partial charge in [0.05, 0.1) is 5.56 Å². The van der Waals surface area contributed by atoms with E-state index in [0.717, 1.165) is 25.5 Å². The van der Waals surface area contributed by atoms with E-state index in [4.69, 9.17) is 5.73 Å². The second-order valence-electron chi connectivity index (χ2n) is 6.37. The van der Waals surface area contributed by atoms with Crippen molar-refractivity contribution in [3.8, 4) is 0 Å². The zero-order chi connectivity index (χ0) is 18.6. The molecule has 3 N–H and O–H groups in total. The maximum Gasteiger partial charge on any atom is 0.234 e. The number of aromatic nitrogens is 3. The maximum atomic E-state index is 12.7. The molecule has 0 saturated carbocycles. The molecule has 0 aliphatic carbocycles. The van der Waals surface area contributed by atoms with Crippen LogP contribution in [0, 0.1) is 0 Å². The summed E-state index contributed by atoms with van der Waals surface area (Å²) in [5.41, 5.74) is 7.36. The summed E-state index contributed by atoms with van der Waals surface area (Å²) in [6.45, 7) is 2.41. The highest BCUT2D eigenvalue weighted by Crippen LogP contribution is 2.21. The third-order valence-corrected chi connectivity index (χ3v) is 4.63. The summed E-state index contributed by atoms with van der Waals surface area (Å²) < 4.78 is 0. The first-order valence-electron chi connectivity index (χ1n) is 8.84. The Morgan fingerprint density at radius 1 is 1.07 bits per heavy atom. The van der Waals surface area contributed by atoms with E-state index in [9.17, 15) is 4.79 Å². The smallest absolute Gasteiger partial charge is 0.234 e. The number of pyridine rings is 1. The van der Waals surface area contributed by atoms with Crippen LogP contribution in [-0.2, 0) is 0 Å². The molecule has 0 spiro atoms. The fraction of sp³-hybridized carbons (Fsp3) is 0.200. The molecule has 3 aromatic rings. The molecule has 2 aromatic heterocycles. The zero-order valence-electron chi connectivity index (χ0n) is 14.7. The van der Waals surface area contributed by atoms with Gasteiger partial charge in [-0.25, -0.2) is 15.0 Å². The summed E-state index contributed by atoms with van der Waals surface area (Å²) >= 11 is 0. The number of nitrogens with zero attached hydrogens (tertiary/aromatic N) is 4. The van der Waals surface area contributed by atoms with Crippen molar-refractivity contribution in [2.24, 2.45) is 0 Å². The van der Waals surface area contributed by atoms with Gasteiger partial charge in [0.25, 0.3) is 0 Å². The van der Waals surface area contributed by atoms with Crippen LogP contribution in [0.5, 0.6) is 0 Å². The Labute approximate surface area is 157 Å². The summed E-state index contributed by atoms with van der Waals surface area (Å²) in [7, 11) is 0. The van der Waals surface area contributed by atoms with E-state index in [-0.39, 0.29) is 23.5 Å². The Hall–Kier alpha value is -3.32. The van der Waals surface area contributed by atoms with Gasteiger partial charge in [-0.2, -0.15) is 0 Å². The van der Waals surface area contributed by atoms with Crippen LogP contribution < -0.4 is 16.0 Å². The monoisotopic (exact) mass is 360 g/mol. The lowest BCUT2D eigenvalue weighted by atomic mass is 10.0. The Bertz CT molecular complexity index is 946. The Morgan fingerprint density at radius 2 is 1.93 bits per heavy atom. The van der Waals surface area contributed by atoms with Gasteiger partial charge >= 0.3 is 0 Å². The average Bonchev–Trinajstić information content (AvgIpc) is 2.74. The highest BCUT2D eigenvalue weighted by molar-refractivity contribution is 6.09. The molecule has 1 fully saturated rings. The van der Waals surface area contributed by atoms with E-state index in [1.807, 2.05) is 24.3 Å². The molecule has 7 heteroatoms. The Morgan fingerprint density at radius 3 is 2.74 bits per heavy atom. The normalized spacial score (nSPS) is 16.9. The topological polar surface area (TPSA) is 97.0 Å². The molecule has 0 amide bonds. The minimum Gasteiger partial charge on any atom is -0.383 e. The number of rotatable bonds is 4. The lowest BCUT2D eigenvalue weighted by molar-refractivity contribution is 0.103.